The van der Waals surface area contributed by atoms with Crippen LogP contribution in [0.25, 0.3) is 0 Å². The van der Waals surface area contributed by atoms with Crippen LogP contribution in [0.3, 0.4) is 0 Å². The molecule has 0 aliphatic carbocycles. The monoisotopic (exact) mass is 300 g/mol. The molecule has 1 heterocycles. The largest absolute Gasteiger partial charge is 0.372 e. The first-order valence-electron chi connectivity index (χ1n) is 7.76. The van der Waals surface area contributed by atoms with Gasteiger partial charge in [-0.3, -0.25) is 4.79 Å². The molecule has 5 heteroatoms. The first-order chi connectivity index (χ1) is 10.5. The van der Waals surface area contributed by atoms with Crippen LogP contribution in [0, 0.1) is 0 Å². The molecule has 2 N–H and O–H groups in total. The molecule has 0 aliphatic rings. The SMILES string of the molecule is CCN(CC)c1ccc(NC(=O)c2cnc(C(C)C)[nH]2)cc1. The zero-order valence-corrected chi connectivity index (χ0v) is 13.7. The molecule has 0 bridgehead atoms. The van der Waals surface area contributed by atoms with Crippen molar-refractivity contribution in [3.8, 4) is 0 Å². The van der Waals surface area contributed by atoms with Crippen LogP contribution in [0.4, 0.5) is 11.4 Å². The third-order valence-corrected chi connectivity index (χ3v) is 3.64. The van der Waals surface area contributed by atoms with E-state index >= 15 is 0 Å². The fourth-order valence-corrected chi connectivity index (χ4v) is 2.29. The molecule has 0 fully saturated rings. The van der Waals surface area contributed by atoms with Gasteiger partial charge in [-0.2, -0.15) is 0 Å². The lowest BCUT2D eigenvalue weighted by Gasteiger charge is -2.21. The van der Waals surface area contributed by atoms with Gasteiger partial charge in [-0.15, -0.1) is 0 Å². The standard InChI is InChI=1S/C17H24N4O/c1-5-21(6-2)14-9-7-13(8-10-14)19-17(22)15-11-18-16(20-15)12(3)4/h7-12H,5-6H2,1-4H3,(H,18,20)(H,19,22). The molecule has 1 amide bonds. The van der Waals surface area contributed by atoms with Crippen molar-refractivity contribution in [2.75, 3.05) is 23.3 Å². The van der Waals surface area contributed by atoms with Crippen LogP contribution in [0.15, 0.2) is 30.5 Å². The number of benzene rings is 1. The Morgan fingerprint density at radius 3 is 2.36 bits per heavy atom. The van der Waals surface area contributed by atoms with Gasteiger partial charge in [0.05, 0.1) is 6.20 Å². The normalized spacial score (nSPS) is 10.8. The Kier molecular flexibility index (Phi) is 5.20. The number of anilines is 2. The zero-order valence-electron chi connectivity index (χ0n) is 13.7. The van der Waals surface area contributed by atoms with Crippen molar-refractivity contribution in [2.24, 2.45) is 0 Å². The van der Waals surface area contributed by atoms with Crippen LogP contribution in [-0.4, -0.2) is 29.0 Å². The second-order valence-corrected chi connectivity index (χ2v) is 5.51. The van der Waals surface area contributed by atoms with Crippen molar-refractivity contribution in [3.63, 3.8) is 0 Å². The predicted molar refractivity (Wildman–Crippen MR) is 90.6 cm³/mol. The maximum absolute atomic E-state index is 12.2. The number of aromatic nitrogens is 2. The Hall–Kier alpha value is -2.30. The van der Waals surface area contributed by atoms with Crippen molar-refractivity contribution < 1.29 is 4.79 Å². The molecular weight excluding hydrogens is 276 g/mol. The van der Waals surface area contributed by atoms with Crippen molar-refractivity contribution in [3.05, 3.63) is 42.0 Å². The summed E-state index contributed by atoms with van der Waals surface area (Å²) in [5, 5.41) is 2.88. The van der Waals surface area contributed by atoms with Crippen LogP contribution in [-0.2, 0) is 0 Å². The van der Waals surface area contributed by atoms with Crippen molar-refractivity contribution in [1.82, 2.24) is 9.97 Å². The number of carbonyl (C=O) groups is 1. The topological polar surface area (TPSA) is 61.0 Å². The van der Waals surface area contributed by atoms with Gasteiger partial charge in [0.15, 0.2) is 0 Å². The molecule has 0 saturated heterocycles. The highest BCUT2D eigenvalue weighted by molar-refractivity contribution is 6.02. The van der Waals surface area contributed by atoms with Gasteiger partial charge in [-0.1, -0.05) is 13.8 Å². The highest BCUT2D eigenvalue weighted by atomic mass is 16.1. The fourth-order valence-electron chi connectivity index (χ4n) is 2.29. The number of H-pyrrole nitrogens is 1. The Morgan fingerprint density at radius 1 is 1.23 bits per heavy atom. The van der Waals surface area contributed by atoms with Gasteiger partial charge in [0.2, 0.25) is 0 Å². The summed E-state index contributed by atoms with van der Waals surface area (Å²) in [4.78, 5) is 21.7. The molecule has 0 atom stereocenters. The molecule has 118 valence electrons. The molecular formula is C17H24N4O. The van der Waals surface area contributed by atoms with E-state index < -0.39 is 0 Å². The van der Waals surface area contributed by atoms with E-state index in [9.17, 15) is 4.79 Å². The molecule has 0 aliphatic heterocycles. The van der Waals surface area contributed by atoms with Crippen LogP contribution in [0.2, 0.25) is 0 Å². The molecule has 0 saturated carbocycles. The molecule has 22 heavy (non-hydrogen) atoms. The third kappa shape index (κ3) is 3.67. The summed E-state index contributed by atoms with van der Waals surface area (Å²) in [6, 6.07) is 7.89. The number of aromatic amines is 1. The molecule has 1 aromatic carbocycles. The summed E-state index contributed by atoms with van der Waals surface area (Å²) in [6.45, 7) is 10.3. The number of imidazole rings is 1. The number of amides is 1. The van der Waals surface area contributed by atoms with Crippen LogP contribution >= 0.6 is 0 Å². The summed E-state index contributed by atoms with van der Waals surface area (Å²) in [5.41, 5.74) is 2.42. The lowest BCUT2D eigenvalue weighted by Crippen LogP contribution is -2.21. The summed E-state index contributed by atoms with van der Waals surface area (Å²) < 4.78 is 0. The predicted octanol–water partition coefficient (Wildman–Crippen LogP) is 3.63. The summed E-state index contributed by atoms with van der Waals surface area (Å²) in [7, 11) is 0. The highest BCUT2D eigenvalue weighted by Gasteiger charge is 2.11. The Balaban J connectivity index is 2.05. The average molecular weight is 300 g/mol. The van der Waals surface area contributed by atoms with Gasteiger partial charge in [-0.25, -0.2) is 4.98 Å². The third-order valence-electron chi connectivity index (χ3n) is 3.64. The van der Waals surface area contributed by atoms with Gasteiger partial charge in [0, 0.05) is 30.4 Å². The van der Waals surface area contributed by atoms with E-state index in [2.05, 4.69) is 34.0 Å². The van der Waals surface area contributed by atoms with E-state index in [4.69, 9.17) is 0 Å². The number of hydrogen-bond donors (Lipinski definition) is 2. The smallest absolute Gasteiger partial charge is 0.273 e. The summed E-state index contributed by atoms with van der Waals surface area (Å²) in [5.74, 6) is 0.923. The number of hydrogen-bond acceptors (Lipinski definition) is 3. The number of nitrogens with one attached hydrogen (secondary N) is 2. The Bertz CT molecular complexity index is 612. The summed E-state index contributed by atoms with van der Waals surface area (Å²) in [6.07, 6.45) is 1.58. The van der Waals surface area contributed by atoms with Gasteiger partial charge < -0.3 is 15.2 Å². The lowest BCUT2D eigenvalue weighted by atomic mass is 10.2. The van der Waals surface area contributed by atoms with Crippen molar-refractivity contribution in [2.45, 2.75) is 33.6 Å². The van der Waals surface area contributed by atoms with E-state index in [0.29, 0.717) is 5.69 Å². The van der Waals surface area contributed by atoms with E-state index in [1.165, 1.54) is 0 Å². The highest BCUT2D eigenvalue weighted by Crippen LogP contribution is 2.18. The maximum Gasteiger partial charge on any atom is 0.273 e. The fraction of sp³-hybridized carbons (Fsp3) is 0.412. The molecule has 0 radical (unpaired) electrons. The minimum Gasteiger partial charge on any atom is -0.372 e. The van der Waals surface area contributed by atoms with Crippen LogP contribution in [0.1, 0.15) is 49.9 Å². The minimum absolute atomic E-state index is 0.171. The second-order valence-electron chi connectivity index (χ2n) is 5.51. The Morgan fingerprint density at radius 2 is 1.86 bits per heavy atom. The van der Waals surface area contributed by atoms with Gasteiger partial charge >= 0.3 is 0 Å². The van der Waals surface area contributed by atoms with Crippen molar-refractivity contribution >= 4 is 17.3 Å². The molecule has 0 spiro atoms. The van der Waals surface area contributed by atoms with E-state index in [-0.39, 0.29) is 11.8 Å². The van der Waals surface area contributed by atoms with E-state index in [1.54, 1.807) is 6.20 Å². The van der Waals surface area contributed by atoms with Gasteiger partial charge in [0.25, 0.3) is 5.91 Å². The minimum atomic E-state index is -0.171. The first kappa shape index (κ1) is 16.1. The lowest BCUT2D eigenvalue weighted by molar-refractivity contribution is 0.102. The van der Waals surface area contributed by atoms with E-state index in [0.717, 1.165) is 30.3 Å². The second kappa shape index (κ2) is 7.11. The Labute approximate surface area is 131 Å². The number of rotatable bonds is 6. The van der Waals surface area contributed by atoms with Crippen LogP contribution in [0.5, 0.6) is 0 Å². The van der Waals surface area contributed by atoms with Crippen LogP contribution < -0.4 is 10.2 Å². The average Bonchev–Trinajstić information content (AvgIpc) is 3.00. The van der Waals surface area contributed by atoms with Crippen molar-refractivity contribution in [1.29, 1.82) is 0 Å². The quantitative estimate of drug-likeness (QED) is 0.856. The summed E-state index contributed by atoms with van der Waals surface area (Å²) >= 11 is 0. The maximum atomic E-state index is 12.2. The molecule has 5 nitrogen and oxygen atoms in total. The molecule has 0 unspecified atom stereocenters. The van der Waals surface area contributed by atoms with E-state index in [1.807, 2.05) is 38.1 Å². The van der Waals surface area contributed by atoms with Gasteiger partial charge in [0.1, 0.15) is 11.5 Å². The molecule has 1 aromatic heterocycles. The number of nitrogens with zero attached hydrogens (tertiary/aromatic N) is 2. The molecule has 2 aromatic rings. The number of carbonyl (C=O) groups excluding carboxylic acids is 1. The molecule has 2 rings (SSSR count). The van der Waals surface area contributed by atoms with Gasteiger partial charge in [-0.05, 0) is 38.1 Å². The first-order valence-corrected chi connectivity index (χ1v) is 7.76. The zero-order chi connectivity index (χ0) is 16.1.